The van der Waals surface area contributed by atoms with Crippen LogP contribution in [0.2, 0.25) is 0 Å². The minimum atomic E-state index is -0.180. The maximum atomic E-state index is 12.2. The molecule has 1 aliphatic heterocycles. The summed E-state index contributed by atoms with van der Waals surface area (Å²) >= 11 is 2.74. The van der Waals surface area contributed by atoms with Crippen LogP contribution in [-0.4, -0.2) is 42.0 Å². The van der Waals surface area contributed by atoms with Gasteiger partial charge < -0.3 is 14.8 Å². The van der Waals surface area contributed by atoms with Gasteiger partial charge in [0.25, 0.3) is 5.91 Å². The second kappa shape index (κ2) is 5.18. The van der Waals surface area contributed by atoms with Crippen LogP contribution in [0.5, 0.6) is 0 Å². The van der Waals surface area contributed by atoms with Gasteiger partial charge in [0.1, 0.15) is 5.69 Å². The number of hydrogen-bond donors (Lipinski definition) is 1. The maximum Gasteiger partial charge on any atom is 0.305 e. The lowest BCUT2D eigenvalue weighted by atomic mass is 10.3. The van der Waals surface area contributed by atoms with E-state index < -0.39 is 0 Å². The van der Waals surface area contributed by atoms with Crippen LogP contribution < -0.4 is 9.77 Å². The number of aromatic nitrogens is 1. The Kier molecular flexibility index (Phi) is 3.39. The Morgan fingerprint density at radius 1 is 1.21 bits per heavy atom. The number of thiophene rings is 1. The topological polar surface area (TPSA) is 56.4 Å². The van der Waals surface area contributed by atoms with Gasteiger partial charge in [-0.15, -0.1) is 11.3 Å². The number of anilines is 1. The number of piperazine rings is 1. The van der Waals surface area contributed by atoms with Gasteiger partial charge in [-0.2, -0.15) is 0 Å². The summed E-state index contributed by atoms with van der Waals surface area (Å²) in [6.07, 6.45) is 0. The Hall–Kier alpha value is -1.60. The summed E-state index contributed by atoms with van der Waals surface area (Å²) in [7, 11) is 0. The van der Waals surface area contributed by atoms with E-state index in [1.54, 1.807) is 21.6 Å². The number of carbonyl (C=O) groups excluding carboxylic acids is 1. The van der Waals surface area contributed by atoms with E-state index in [9.17, 15) is 9.59 Å². The van der Waals surface area contributed by atoms with Crippen molar-refractivity contribution in [3.63, 3.8) is 0 Å². The largest absolute Gasteiger partial charge is 0.360 e. The van der Waals surface area contributed by atoms with E-state index in [1.165, 1.54) is 5.00 Å². The van der Waals surface area contributed by atoms with Gasteiger partial charge in [-0.25, -0.2) is 0 Å². The van der Waals surface area contributed by atoms with Crippen molar-refractivity contribution in [1.82, 2.24) is 9.88 Å². The van der Waals surface area contributed by atoms with E-state index in [0.717, 1.165) is 24.4 Å². The lowest BCUT2D eigenvalue weighted by Gasteiger charge is -2.35. The lowest BCUT2D eigenvalue weighted by molar-refractivity contribution is 0.0741. The van der Waals surface area contributed by atoms with Gasteiger partial charge >= 0.3 is 4.87 Å². The lowest BCUT2D eigenvalue weighted by Crippen LogP contribution is -2.48. The predicted octanol–water partition coefficient (Wildman–Crippen LogP) is 1.46. The van der Waals surface area contributed by atoms with Gasteiger partial charge in [-0.3, -0.25) is 9.59 Å². The average molecular weight is 295 g/mol. The SMILES string of the molecule is O=C(c1csc(=O)[nH]1)N1CCN(c2cccs2)CC1. The maximum absolute atomic E-state index is 12.2. The molecule has 100 valence electrons. The average Bonchev–Trinajstić information content (AvgIpc) is 3.09. The molecule has 1 aliphatic rings. The quantitative estimate of drug-likeness (QED) is 0.912. The summed E-state index contributed by atoms with van der Waals surface area (Å²) in [4.78, 5) is 29.7. The fourth-order valence-electron chi connectivity index (χ4n) is 2.14. The van der Waals surface area contributed by atoms with Crippen LogP contribution >= 0.6 is 22.7 Å². The summed E-state index contributed by atoms with van der Waals surface area (Å²) in [5.74, 6) is -0.0795. The van der Waals surface area contributed by atoms with Gasteiger partial charge in [0.05, 0.1) is 5.00 Å². The van der Waals surface area contributed by atoms with Crippen LogP contribution in [0.1, 0.15) is 10.5 Å². The Labute approximate surface area is 118 Å². The molecule has 0 bridgehead atoms. The first kappa shape index (κ1) is 12.4. The first-order valence-electron chi connectivity index (χ1n) is 5.99. The number of rotatable bonds is 2. The molecule has 3 heterocycles. The molecule has 0 atom stereocenters. The highest BCUT2D eigenvalue weighted by Crippen LogP contribution is 2.22. The second-order valence-corrected chi connectivity index (χ2v) is 6.06. The van der Waals surface area contributed by atoms with Crippen molar-refractivity contribution in [2.75, 3.05) is 31.1 Å². The summed E-state index contributed by atoms with van der Waals surface area (Å²) < 4.78 is 0. The molecule has 1 saturated heterocycles. The second-order valence-electron chi connectivity index (χ2n) is 4.29. The van der Waals surface area contributed by atoms with Gasteiger partial charge in [-0.1, -0.05) is 11.3 Å². The molecule has 5 nitrogen and oxygen atoms in total. The van der Waals surface area contributed by atoms with Gasteiger partial charge in [0, 0.05) is 31.6 Å². The van der Waals surface area contributed by atoms with Gasteiger partial charge in [0.15, 0.2) is 0 Å². The zero-order valence-electron chi connectivity index (χ0n) is 10.2. The summed E-state index contributed by atoms with van der Waals surface area (Å²) in [5.41, 5.74) is 0.402. The fraction of sp³-hybridized carbons (Fsp3) is 0.333. The third kappa shape index (κ3) is 2.57. The minimum Gasteiger partial charge on any atom is -0.360 e. The summed E-state index contributed by atoms with van der Waals surface area (Å²) in [5, 5.41) is 4.90. The summed E-state index contributed by atoms with van der Waals surface area (Å²) in [6, 6.07) is 4.13. The number of nitrogens with one attached hydrogen (secondary N) is 1. The first-order chi connectivity index (χ1) is 9.24. The molecule has 1 amide bonds. The molecule has 0 unspecified atom stereocenters. The highest BCUT2D eigenvalue weighted by molar-refractivity contribution is 7.14. The van der Waals surface area contributed by atoms with E-state index in [4.69, 9.17) is 0 Å². The third-order valence-corrected chi connectivity index (χ3v) is 4.73. The molecule has 0 radical (unpaired) electrons. The standard InChI is InChI=1S/C12H13N3O2S2/c16-11(9-8-19-12(17)13-9)15-5-3-14(4-6-15)10-2-1-7-18-10/h1-2,7-8H,3-6H2,(H,13,17). The third-order valence-electron chi connectivity index (χ3n) is 3.14. The van der Waals surface area contributed by atoms with Crippen molar-refractivity contribution in [3.05, 3.63) is 38.3 Å². The van der Waals surface area contributed by atoms with Crippen molar-refractivity contribution < 1.29 is 4.79 Å². The molecule has 2 aromatic rings. The van der Waals surface area contributed by atoms with E-state index in [1.807, 2.05) is 6.07 Å². The van der Waals surface area contributed by atoms with E-state index >= 15 is 0 Å². The number of aromatic amines is 1. The van der Waals surface area contributed by atoms with Crippen LogP contribution in [0.3, 0.4) is 0 Å². The van der Waals surface area contributed by atoms with E-state index in [2.05, 4.69) is 21.3 Å². The molecule has 2 aromatic heterocycles. The highest BCUT2D eigenvalue weighted by Gasteiger charge is 2.23. The number of H-pyrrole nitrogens is 1. The molecule has 0 saturated carbocycles. The molecule has 0 aromatic carbocycles. The van der Waals surface area contributed by atoms with Crippen molar-refractivity contribution in [1.29, 1.82) is 0 Å². The van der Waals surface area contributed by atoms with E-state index in [-0.39, 0.29) is 10.8 Å². The molecule has 1 fully saturated rings. The molecule has 7 heteroatoms. The zero-order valence-corrected chi connectivity index (χ0v) is 11.8. The predicted molar refractivity (Wildman–Crippen MR) is 77.4 cm³/mol. The first-order valence-corrected chi connectivity index (χ1v) is 7.75. The molecular weight excluding hydrogens is 282 g/mol. The number of nitrogens with zero attached hydrogens (tertiary/aromatic N) is 2. The molecule has 0 aliphatic carbocycles. The number of amides is 1. The molecule has 3 rings (SSSR count). The van der Waals surface area contributed by atoms with Crippen LogP contribution in [0.25, 0.3) is 0 Å². The van der Waals surface area contributed by atoms with Crippen LogP contribution in [0.4, 0.5) is 5.00 Å². The van der Waals surface area contributed by atoms with Crippen molar-refractivity contribution >= 4 is 33.6 Å². The molecular formula is C12H13N3O2S2. The van der Waals surface area contributed by atoms with Crippen LogP contribution in [0, 0.1) is 0 Å². The smallest absolute Gasteiger partial charge is 0.305 e. The van der Waals surface area contributed by atoms with Gasteiger partial charge in [0.2, 0.25) is 0 Å². The Morgan fingerprint density at radius 3 is 2.58 bits per heavy atom. The monoisotopic (exact) mass is 295 g/mol. The number of carbonyl (C=O) groups is 1. The van der Waals surface area contributed by atoms with E-state index in [0.29, 0.717) is 18.8 Å². The number of thiazole rings is 1. The van der Waals surface area contributed by atoms with Crippen LogP contribution in [-0.2, 0) is 0 Å². The zero-order chi connectivity index (χ0) is 13.2. The fourth-order valence-corrected chi connectivity index (χ4v) is 3.47. The van der Waals surface area contributed by atoms with Crippen molar-refractivity contribution in [2.45, 2.75) is 0 Å². The normalized spacial score (nSPS) is 15.8. The Balaban J connectivity index is 1.64. The Morgan fingerprint density at radius 2 is 2.00 bits per heavy atom. The van der Waals surface area contributed by atoms with Gasteiger partial charge in [-0.05, 0) is 17.5 Å². The number of hydrogen-bond acceptors (Lipinski definition) is 5. The molecule has 1 N–H and O–H groups in total. The van der Waals surface area contributed by atoms with Crippen molar-refractivity contribution in [3.8, 4) is 0 Å². The van der Waals surface area contributed by atoms with Crippen molar-refractivity contribution in [2.24, 2.45) is 0 Å². The summed E-state index contributed by atoms with van der Waals surface area (Å²) in [6.45, 7) is 3.05. The molecule has 0 spiro atoms. The highest BCUT2D eigenvalue weighted by atomic mass is 32.1. The minimum absolute atomic E-state index is 0.0795. The van der Waals surface area contributed by atoms with Crippen LogP contribution in [0.15, 0.2) is 27.7 Å². The Bertz CT molecular complexity index is 609. The molecule has 19 heavy (non-hydrogen) atoms.